The van der Waals surface area contributed by atoms with Crippen LogP contribution in [-0.2, 0) is 16.6 Å². The van der Waals surface area contributed by atoms with E-state index in [9.17, 15) is 18.0 Å². The zero-order valence-electron chi connectivity index (χ0n) is 15.0. The molecule has 3 aromatic rings. The van der Waals surface area contributed by atoms with E-state index < -0.39 is 21.3 Å². The first-order chi connectivity index (χ1) is 13.4. The summed E-state index contributed by atoms with van der Waals surface area (Å²) in [6.07, 6.45) is 0.716. The summed E-state index contributed by atoms with van der Waals surface area (Å²) in [7, 11) is -3.78. The SMILES string of the molecule is O=c1[nH]c(=O)c2cc(S(=O)(=O)N[C@H]3CCN(Cc4ccccc4)C3)ccc2[nH]1. The first-order valence-electron chi connectivity index (χ1n) is 8.96. The molecule has 28 heavy (non-hydrogen) atoms. The van der Waals surface area contributed by atoms with Crippen LogP contribution >= 0.6 is 0 Å². The Hall–Kier alpha value is -2.75. The second-order valence-corrected chi connectivity index (χ2v) is 8.66. The van der Waals surface area contributed by atoms with Gasteiger partial charge in [0.25, 0.3) is 5.56 Å². The monoisotopic (exact) mass is 400 g/mol. The Kier molecular flexibility index (Phi) is 4.88. The molecule has 1 aromatic heterocycles. The Bertz CT molecular complexity index is 1220. The third-order valence-electron chi connectivity index (χ3n) is 4.86. The number of H-pyrrole nitrogens is 2. The van der Waals surface area contributed by atoms with Gasteiger partial charge in [-0.25, -0.2) is 17.9 Å². The van der Waals surface area contributed by atoms with Crippen LogP contribution in [-0.4, -0.2) is 42.4 Å². The molecule has 0 saturated carbocycles. The van der Waals surface area contributed by atoms with Crippen LogP contribution in [0, 0.1) is 0 Å². The van der Waals surface area contributed by atoms with E-state index in [1.807, 2.05) is 18.2 Å². The maximum Gasteiger partial charge on any atom is 0.326 e. The largest absolute Gasteiger partial charge is 0.326 e. The summed E-state index contributed by atoms with van der Waals surface area (Å²) < 4.78 is 28.3. The third kappa shape index (κ3) is 3.91. The molecule has 2 heterocycles. The van der Waals surface area contributed by atoms with Gasteiger partial charge in [0, 0.05) is 25.7 Å². The number of likely N-dealkylation sites (tertiary alicyclic amines) is 1. The van der Waals surface area contributed by atoms with E-state index in [0.717, 1.165) is 13.1 Å². The average molecular weight is 400 g/mol. The Balaban J connectivity index is 1.49. The number of aromatic amines is 2. The highest BCUT2D eigenvalue weighted by Gasteiger charge is 2.27. The molecule has 146 valence electrons. The van der Waals surface area contributed by atoms with Crippen molar-refractivity contribution in [3.8, 4) is 0 Å². The fourth-order valence-corrected chi connectivity index (χ4v) is 4.80. The molecule has 0 spiro atoms. The number of hydrogen-bond donors (Lipinski definition) is 3. The van der Waals surface area contributed by atoms with Crippen LogP contribution in [0.4, 0.5) is 0 Å². The molecule has 0 unspecified atom stereocenters. The van der Waals surface area contributed by atoms with Crippen molar-refractivity contribution in [2.24, 2.45) is 0 Å². The van der Waals surface area contributed by atoms with Gasteiger partial charge >= 0.3 is 5.69 Å². The topological polar surface area (TPSA) is 115 Å². The Morgan fingerprint density at radius 3 is 2.64 bits per heavy atom. The molecular formula is C19H20N4O4S. The van der Waals surface area contributed by atoms with Crippen LogP contribution in [0.1, 0.15) is 12.0 Å². The second-order valence-electron chi connectivity index (χ2n) is 6.94. The van der Waals surface area contributed by atoms with Crippen LogP contribution in [0.25, 0.3) is 10.9 Å². The molecule has 9 heteroatoms. The molecular weight excluding hydrogens is 380 g/mol. The maximum absolute atomic E-state index is 12.8. The number of nitrogens with zero attached hydrogens (tertiary/aromatic N) is 1. The lowest BCUT2D eigenvalue weighted by Gasteiger charge is -2.17. The molecule has 0 amide bonds. The molecule has 4 rings (SSSR count). The van der Waals surface area contributed by atoms with Gasteiger partial charge in [-0.2, -0.15) is 0 Å². The van der Waals surface area contributed by atoms with Crippen LogP contribution < -0.4 is 16.0 Å². The number of fused-ring (bicyclic) bond motifs is 1. The molecule has 3 N–H and O–H groups in total. The zero-order chi connectivity index (χ0) is 19.7. The van der Waals surface area contributed by atoms with E-state index in [2.05, 4.69) is 31.7 Å². The molecule has 1 aliphatic rings. The van der Waals surface area contributed by atoms with Gasteiger partial charge in [0.2, 0.25) is 10.0 Å². The molecule has 1 fully saturated rings. The van der Waals surface area contributed by atoms with Crippen LogP contribution in [0.3, 0.4) is 0 Å². The predicted octanol–water partition coefficient (Wildman–Crippen LogP) is 0.769. The number of aromatic nitrogens is 2. The van der Waals surface area contributed by atoms with Crippen molar-refractivity contribution in [2.75, 3.05) is 13.1 Å². The standard InChI is InChI=1S/C19H20N4O4S/c24-18-16-10-15(6-7-17(16)20-19(25)21-18)28(26,27)22-14-8-9-23(12-14)11-13-4-2-1-3-5-13/h1-7,10,14,22H,8-9,11-12H2,(H2,20,21,24,25)/t14-/m0/s1. The molecule has 0 radical (unpaired) electrons. The van der Waals surface area contributed by atoms with Crippen LogP contribution in [0.2, 0.25) is 0 Å². The van der Waals surface area contributed by atoms with Crippen LogP contribution in [0.5, 0.6) is 0 Å². The van der Waals surface area contributed by atoms with E-state index >= 15 is 0 Å². The number of hydrogen-bond acceptors (Lipinski definition) is 5. The summed E-state index contributed by atoms with van der Waals surface area (Å²) >= 11 is 0. The summed E-state index contributed by atoms with van der Waals surface area (Å²) in [4.78, 5) is 30.1. The highest BCUT2D eigenvalue weighted by molar-refractivity contribution is 7.89. The second kappa shape index (κ2) is 7.34. The lowest BCUT2D eigenvalue weighted by atomic mass is 10.2. The molecule has 8 nitrogen and oxygen atoms in total. The van der Waals surface area contributed by atoms with Crippen molar-refractivity contribution in [2.45, 2.75) is 23.9 Å². The highest BCUT2D eigenvalue weighted by atomic mass is 32.2. The number of nitrogens with one attached hydrogen (secondary N) is 3. The molecule has 0 bridgehead atoms. The predicted molar refractivity (Wildman–Crippen MR) is 106 cm³/mol. The summed E-state index contributed by atoms with van der Waals surface area (Å²) in [5, 5.41) is 0.125. The van der Waals surface area contributed by atoms with Gasteiger partial charge in [0.1, 0.15) is 0 Å². The van der Waals surface area contributed by atoms with E-state index in [4.69, 9.17) is 0 Å². The van der Waals surface area contributed by atoms with Crippen molar-refractivity contribution in [1.29, 1.82) is 0 Å². The summed E-state index contributed by atoms with van der Waals surface area (Å²) in [6, 6.07) is 13.9. The number of rotatable bonds is 5. The fourth-order valence-electron chi connectivity index (χ4n) is 3.51. The average Bonchev–Trinajstić information content (AvgIpc) is 3.08. The summed E-state index contributed by atoms with van der Waals surface area (Å²) in [5.74, 6) is 0. The molecule has 1 aliphatic heterocycles. The van der Waals surface area contributed by atoms with E-state index in [1.54, 1.807) is 0 Å². The summed E-state index contributed by atoms with van der Waals surface area (Å²) in [5.41, 5.74) is 0.234. The lowest BCUT2D eigenvalue weighted by Crippen LogP contribution is -2.37. The van der Waals surface area contributed by atoms with Gasteiger partial charge in [0.15, 0.2) is 0 Å². The Morgan fingerprint density at radius 2 is 1.86 bits per heavy atom. The Labute approximate surface area is 161 Å². The first kappa shape index (κ1) is 18.6. The quantitative estimate of drug-likeness (QED) is 0.585. The van der Waals surface area contributed by atoms with Crippen molar-refractivity contribution >= 4 is 20.9 Å². The van der Waals surface area contributed by atoms with Gasteiger partial charge in [-0.1, -0.05) is 30.3 Å². The Morgan fingerprint density at radius 1 is 1.07 bits per heavy atom. The molecule has 1 atom stereocenters. The van der Waals surface area contributed by atoms with Gasteiger partial charge < -0.3 is 4.98 Å². The van der Waals surface area contributed by atoms with Crippen molar-refractivity contribution < 1.29 is 8.42 Å². The normalized spacial score (nSPS) is 17.9. The van der Waals surface area contributed by atoms with Crippen molar-refractivity contribution in [1.82, 2.24) is 19.6 Å². The third-order valence-corrected chi connectivity index (χ3v) is 6.38. The minimum Gasteiger partial charge on any atom is -0.307 e. The van der Waals surface area contributed by atoms with Crippen LogP contribution in [0.15, 0.2) is 63.0 Å². The lowest BCUT2D eigenvalue weighted by molar-refractivity contribution is 0.324. The van der Waals surface area contributed by atoms with E-state index in [0.29, 0.717) is 18.5 Å². The van der Waals surface area contributed by atoms with Crippen molar-refractivity contribution in [3.05, 3.63) is 74.9 Å². The zero-order valence-corrected chi connectivity index (χ0v) is 15.8. The maximum atomic E-state index is 12.8. The van der Waals surface area contributed by atoms with Gasteiger partial charge in [-0.15, -0.1) is 0 Å². The fraction of sp³-hybridized carbons (Fsp3) is 0.263. The van der Waals surface area contributed by atoms with Crippen molar-refractivity contribution in [3.63, 3.8) is 0 Å². The minimum atomic E-state index is -3.78. The molecule has 0 aliphatic carbocycles. The van der Waals surface area contributed by atoms with E-state index in [1.165, 1.54) is 23.8 Å². The minimum absolute atomic E-state index is 0.000872. The van der Waals surface area contributed by atoms with Gasteiger partial charge in [-0.3, -0.25) is 14.7 Å². The number of sulfonamides is 1. The molecule has 2 aromatic carbocycles. The smallest absolute Gasteiger partial charge is 0.307 e. The molecule has 1 saturated heterocycles. The van der Waals surface area contributed by atoms with Gasteiger partial charge in [0.05, 0.1) is 15.8 Å². The summed E-state index contributed by atoms with van der Waals surface area (Å²) in [6.45, 7) is 2.20. The number of benzene rings is 2. The van der Waals surface area contributed by atoms with Gasteiger partial charge in [-0.05, 0) is 30.2 Å². The van der Waals surface area contributed by atoms with E-state index in [-0.39, 0.29) is 16.3 Å². The first-order valence-corrected chi connectivity index (χ1v) is 10.4. The highest BCUT2D eigenvalue weighted by Crippen LogP contribution is 2.18.